The van der Waals surface area contributed by atoms with Crippen LogP contribution in [0.4, 0.5) is 10.1 Å². The third-order valence-electron chi connectivity index (χ3n) is 2.79. The summed E-state index contributed by atoms with van der Waals surface area (Å²) >= 11 is 0. The summed E-state index contributed by atoms with van der Waals surface area (Å²) in [6.45, 7) is 0.127. The third-order valence-corrected chi connectivity index (χ3v) is 2.79. The Morgan fingerprint density at radius 2 is 2.05 bits per heavy atom. The molecule has 0 aliphatic heterocycles. The van der Waals surface area contributed by atoms with Crippen molar-refractivity contribution in [2.45, 2.75) is 6.54 Å². The molecule has 0 unspecified atom stereocenters. The van der Waals surface area contributed by atoms with Crippen LogP contribution >= 0.6 is 0 Å². The van der Waals surface area contributed by atoms with Gasteiger partial charge in [0, 0.05) is 12.7 Å². The van der Waals surface area contributed by atoms with E-state index in [4.69, 9.17) is 10.8 Å². The Bertz CT molecular complexity index is 686. The van der Waals surface area contributed by atoms with E-state index in [2.05, 4.69) is 10.3 Å². The zero-order valence-corrected chi connectivity index (χ0v) is 10.8. The zero-order chi connectivity index (χ0) is 15.4. The van der Waals surface area contributed by atoms with E-state index in [0.717, 1.165) is 0 Å². The topological polar surface area (TPSA) is 105 Å². The van der Waals surface area contributed by atoms with Crippen LogP contribution in [-0.4, -0.2) is 22.0 Å². The van der Waals surface area contributed by atoms with E-state index in [-0.39, 0.29) is 23.5 Å². The van der Waals surface area contributed by atoms with Gasteiger partial charge in [-0.25, -0.2) is 14.2 Å². The highest BCUT2D eigenvalue weighted by molar-refractivity contribution is 5.99. The number of aromatic nitrogens is 1. The number of carbonyl (C=O) groups is 2. The number of pyridine rings is 1. The van der Waals surface area contributed by atoms with Crippen LogP contribution in [-0.2, 0) is 6.54 Å². The lowest BCUT2D eigenvalue weighted by molar-refractivity contribution is 0.0690. The molecule has 0 spiro atoms. The van der Waals surface area contributed by atoms with Crippen molar-refractivity contribution in [3.63, 3.8) is 0 Å². The fourth-order valence-corrected chi connectivity index (χ4v) is 1.67. The number of nitrogens with two attached hydrogens (primary N) is 1. The lowest BCUT2D eigenvalue weighted by Crippen LogP contribution is -2.24. The Hall–Kier alpha value is -2.96. The second kappa shape index (κ2) is 6.00. The number of nitrogens with one attached hydrogen (secondary N) is 1. The maximum absolute atomic E-state index is 13.3. The summed E-state index contributed by atoms with van der Waals surface area (Å²) in [5, 5.41) is 11.3. The fourth-order valence-electron chi connectivity index (χ4n) is 1.67. The molecule has 0 radical (unpaired) electrons. The van der Waals surface area contributed by atoms with Gasteiger partial charge in [-0.2, -0.15) is 0 Å². The van der Waals surface area contributed by atoms with Gasteiger partial charge < -0.3 is 16.2 Å². The predicted molar refractivity (Wildman–Crippen MR) is 73.2 cm³/mol. The number of aromatic carboxylic acids is 1. The van der Waals surface area contributed by atoms with Crippen LogP contribution in [0, 0.1) is 5.82 Å². The predicted octanol–water partition coefficient (Wildman–Crippen LogP) is 1.43. The molecule has 1 amide bonds. The molecule has 21 heavy (non-hydrogen) atoms. The monoisotopic (exact) mass is 289 g/mol. The molecular weight excluding hydrogens is 277 g/mol. The first-order chi connectivity index (χ1) is 9.99. The number of nitrogen functional groups attached to an aromatic ring is 1. The first-order valence-electron chi connectivity index (χ1n) is 5.99. The van der Waals surface area contributed by atoms with Crippen LogP contribution in [0.2, 0.25) is 0 Å². The Morgan fingerprint density at radius 3 is 2.67 bits per heavy atom. The normalized spacial score (nSPS) is 10.1. The molecule has 0 aliphatic rings. The van der Waals surface area contributed by atoms with Gasteiger partial charge in [-0.05, 0) is 23.8 Å². The first-order valence-corrected chi connectivity index (χ1v) is 5.99. The Labute approximate surface area is 119 Å². The number of nitrogens with zero attached hydrogens (tertiary/aromatic N) is 1. The molecule has 4 N–H and O–H groups in total. The van der Waals surface area contributed by atoms with Crippen LogP contribution in [0.15, 0.2) is 36.5 Å². The van der Waals surface area contributed by atoms with Gasteiger partial charge >= 0.3 is 5.97 Å². The number of carbonyl (C=O) groups excluding carboxylic acids is 1. The van der Waals surface area contributed by atoms with Crippen molar-refractivity contribution in [1.82, 2.24) is 10.3 Å². The van der Waals surface area contributed by atoms with E-state index in [1.807, 2.05) is 0 Å². The Kier molecular flexibility index (Phi) is 4.13. The van der Waals surface area contributed by atoms with Crippen LogP contribution < -0.4 is 11.1 Å². The van der Waals surface area contributed by atoms with Gasteiger partial charge in [0.15, 0.2) is 0 Å². The van der Waals surface area contributed by atoms with Crippen LogP contribution in [0.1, 0.15) is 26.4 Å². The number of halogens is 1. The number of carboxylic acid groups (broad SMARTS) is 1. The molecule has 7 heteroatoms. The Morgan fingerprint density at radius 1 is 1.29 bits per heavy atom. The summed E-state index contributed by atoms with van der Waals surface area (Å²) in [5.74, 6) is -2.30. The molecule has 0 bridgehead atoms. The van der Waals surface area contributed by atoms with Crippen molar-refractivity contribution in [3.05, 3.63) is 59.2 Å². The average molecular weight is 289 g/mol. The molecule has 0 fully saturated rings. The van der Waals surface area contributed by atoms with Gasteiger partial charge in [-0.3, -0.25) is 4.79 Å². The highest BCUT2D eigenvalue weighted by Gasteiger charge is 2.12. The van der Waals surface area contributed by atoms with Crippen molar-refractivity contribution in [3.8, 4) is 0 Å². The minimum atomic E-state index is -1.13. The molecule has 1 aromatic carbocycles. The molecule has 0 saturated heterocycles. The second-order valence-corrected chi connectivity index (χ2v) is 4.24. The molecule has 0 saturated carbocycles. The molecule has 1 aromatic heterocycles. The van der Waals surface area contributed by atoms with Crippen LogP contribution in [0.25, 0.3) is 0 Å². The highest BCUT2D eigenvalue weighted by Crippen LogP contribution is 2.15. The van der Waals surface area contributed by atoms with Crippen molar-refractivity contribution in [1.29, 1.82) is 0 Å². The van der Waals surface area contributed by atoms with Crippen molar-refractivity contribution >= 4 is 17.6 Å². The summed E-state index contributed by atoms with van der Waals surface area (Å²) < 4.78 is 13.3. The maximum Gasteiger partial charge on any atom is 0.354 e. The number of amides is 1. The lowest BCUT2D eigenvalue weighted by atomic mass is 10.1. The number of benzene rings is 1. The largest absolute Gasteiger partial charge is 0.477 e. The van der Waals surface area contributed by atoms with Gasteiger partial charge in [0.25, 0.3) is 5.91 Å². The molecule has 0 atom stereocenters. The number of anilines is 1. The van der Waals surface area contributed by atoms with E-state index in [0.29, 0.717) is 5.56 Å². The molecule has 2 aromatic rings. The molecule has 108 valence electrons. The Balaban J connectivity index is 2.04. The highest BCUT2D eigenvalue weighted by atomic mass is 19.1. The summed E-state index contributed by atoms with van der Waals surface area (Å²) in [6, 6.07) is 6.84. The summed E-state index contributed by atoms with van der Waals surface area (Å²) in [4.78, 5) is 26.3. The quantitative estimate of drug-likeness (QED) is 0.738. The number of hydrogen-bond acceptors (Lipinski definition) is 4. The first kappa shape index (κ1) is 14.4. The van der Waals surface area contributed by atoms with E-state index in [1.54, 1.807) is 0 Å². The van der Waals surface area contributed by atoms with Crippen molar-refractivity contribution in [2.75, 3.05) is 5.73 Å². The van der Waals surface area contributed by atoms with E-state index in [1.165, 1.54) is 36.5 Å². The molecule has 2 rings (SSSR count). The maximum atomic E-state index is 13.3. The molecule has 0 aliphatic carbocycles. The minimum Gasteiger partial charge on any atom is -0.477 e. The molecule has 1 heterocycles. The van der Waals surface area contributed by atoms with E-state index >= 15 is 0 Å². The number of hydrogen-bond donors (Lipinski definition) is 3. The van der Waals surface area contributed by atoms with E-state index < -0.39 is 17.7 Å². The zero-order valence-electron chi connectivity index (χ0n) is 10.8. The summed E-state index contributed by atoms with van der Waals surface area (Å²) in [6.07, 6.45) is 1.35. The average Bonchev–Trinajstić information content (AvgIpc) is 2.48. The van der Waals surface area contributed by atoms with Gasteiger partial charge in [0.05, 0.1) is 11.3 Å². The second-order valence-electron chi connectivity index (χ2n) is 4.24. The van der Waals surface area contributed by atoms with Gasteiger partial charge in [0.2, 0.25) is 0 Å². The smallest absolute Gasteiger partial charge is 0.354 e. The molecule has 6 nitrogen and oxygen atoms in total. The van der Waals surface area contributed by atoms with Crippen LogP contribution in [0.5, 0.6) is 0 Å². The number of carboxylic acids is 1. The fraction of sp³-hybridized carbons (Fsp3) is 0.0714. The summed E-state index contributed by atoms with van der Waals surface area (Å²) in [7, 11) is 0. The van der Waals surface area contributed by atoms with Gasteiger partial charge in [0.1, 0.15) is 11.5 Å². The van der Waals surface area contributed by atoms with Gasteiger partial charge in [-0.1, -0.05) is 12.1 Å². The molecular formula is C14H12FN3O3. The lowest BCUT2D eigenvalue weighted by Gasteiger charge is -2.08. The minimum absolute atomic E-state index is 0.0464. The summed E-state index contributed by atoms with van der Waals surface area (Å²) in [5.41, 5.74) is 5.86. The van der Waals surface area contributed by atoms with E-state index in [9.17, 15) is 14.0 Å². The van der Waals surface area contributed by atoms with Gasteiger partial charge in [-0.15, -0.1) is 0 Å². The number of rotatable bonds is 4. The van der Waals surface area contributed by atoms with Crippen molar-refractivity contribution < 1.29 is 19.1 Å². The standard InChI is InChI=1S/C14H12FN3O3/c15-10-3-1-2-9(12(10)16)13(19)18-7-8-4-5-11(14(20)21)17-6-8/h1-6H,7,16H2,(H,18,19)(H,20,21). The SMILES string of the molecule is Nc1c(F)cccc1C(=O)NCc1ccc(C(=O)O)nc1. The third kappa shape index (κ3) is 3.33. The van der Waals surface area contributed by atoms with Crippen molar-refractivity contribution in [2.24, 2.45) is 0 Å². The van der Waals surface area contributed by atoms with Crippen LogP contribution in [0.3, 0.4) is 0 Å². The number of para-hydroxylation sites is 1.